The van der Waals surface area contributed by atoms with Crippen LogP contribution in [0.5, 0.6) is 0 Å². The Bertz CT molecular complexity index is 232. The van der Waals surface area contributed by atoms with Crippen LogP contribution in [-0.2, 0) is 0 Å². The fourth-order valence-electron chi connectivity index (χ4n) is 2.80. The summed E-state index contributed by atoms with van der Waals surface area (Å²) in [6.07, 6.45) is 4.18. The first kappa shape index (κ1) is 16.0. The van der Waals surface area contributed by atoms with Gasteiger partial charge in [-0.25, -0.2) is 0 Å². The van der Waals surface area contributed by atoms with E-state index in [1.54, 1.807) is 0 Å². The standard InChI is InChI=1S/C16H34N2/c1-7-15-9-8-10-18(12-15)14(3)13(2)11-17-16(4,5)6/h13-15,17H,7-12H2,1-6H3. The molecule has 0 aliphatic carbocycles. The third-order valence-corrected chi connectivity index (χ3v) is 4.48. The molecule has 0 aromatic carbocycles. The second kappa shape index (κ2) is 6.91. The van der Waals surface area contributed by atoms with Gasteiger partial charge >= 0.3 is 0 Å². The van der Waals surface area contributed by atoms with E-state index in [9.17, 15) is 0 Å². The number of hydrogen-bond donors (Lipinski definition) is 1. The number of nitrogens with zero attached hydrogens (tertiary/aromatic N) is 1. The molecule has 2 heteroatoms. The predicted octanol–water partition coefficient (Wildman–Crippen LogP) is 3.52. The van der Waals surface area contributed by atoms with Crippen molar-refractivity contribution >= 4 is 0 Å². The Balaban J connectivity index is 2.40. The van der Waals surface area contributed by atoms with Gasteiger partial charge in [0, 0.05) is 18.1 Å². The maximum Gasteiger partial charge on any atom is 0.0105 e. The third-order valence-electron chi connectivity index (χ3n) is 4.48. The van der Waals surface area contributed by atoms with Crippen molar-refractivity contribution in [2.75, 3.05) is 19.6 Å². The van der Waals surface area contributed by atoms with Crippen LogP contribution in [0, 0.1) is 11.8 Å². The molecular formula is C16H34N2. The highest BCUT2D eigenvalue weighted by atomic mass is 15.2. The molecule has 3 unspecified atom stereocenters. The van der Waals surface area contributed by atoms with Gasteiger partial charge in [-0.05, 0) is 65.5 Å². The van der Waals surface area contributed by atoms with Crippen LogP contribution in [0.15, 0.2) is 0 Å². The van der Waals surface area contributed by atoms with E-state index < -0.39 is 0 Å². The summed E-state index contributed by atoms with van der Waals surface area (Å²) < 4.78 is 0. The minimum Gasteiger partial charge on any atom is -0.312 e. The number of hydrogen-bond acceptors (Lipinski definition) is 2. The first-order valence-electron chi connectivity index (χ1n) is 7.82. The minimum absolute atomic E-state index is 0.238. The fraction of sp³-hybridized carbons (Fsp3) is 1.00. The molecule has 0 aromatic heterocycles. The Morgan fingerprint density at radius 3 is 2.50 bits per heavy atom. The van der Waals surface area contributed by atoms with Crippen molar-refractivity contribution in [1.29, 1.82) is 0 Å². The number of rotatable bonds is 5. The molecule has 0 aromatic rings. The van der Waals surface area contributed by atoms with Crippen molar-refractivity contribution in [1.82, 2.24) is 10.2 Å². The zero-order chi connectivity index (χ0) is 13.8. The molecular weight excluding hydrogens is 220 g/mol. The number of nitrogens with one attached hydrogen (secondary N) is 1. The molecule has 0 saturated carbocycles. The Labute approximate surface area is 115 Å². The molecule has 1 aliphatic heterocycles. The topological polar surface area (TPSA) is 15.3 Å². The highest BCUT2D eigenvalue weighted by molar-refractivity contribution is 4.82. The van der Waals surface area contributed by atoms with Gasteiger partial charge < -0.3 is 10.2 Å². The van der Waals surface area contributed by atoms with Crippen LogP contribution in [0.25, 0.3) is 0 Å². The zero-order valence-corrected chi connectivity index (χ0v) is 13.4. The average molecular weight is 254 g/mol. The molecule has 0 amide bonds. The average Bonchev–Trinajstić information content (AvgIpc) is 2.34. The first-order valence-corrected chi connectivity index (χ1v) is 7.82. The molecule has 1 heterocycles. The van der Waals surface area contributed by atoms with Gasteiger partial charge in [-0.1, -0.05) is 20.3 Å². The van der Waals surface area contributed by atoms with E-state index in [0.717, 1.165) is 18.4 Å². The van der Waals surface area contributed by atoms with Gasteiger partial charge in [0.05, 0.1) is 0 Å². The SMILES string of the molecule is CCC1CCCN(C(C)C(C)CNC(C)(C)C)C1. The summed E-state index contributed by atoms with van der Waals surface area (Å²) in [5.74, 6) is 1.66. The highest BCUT2D eigenvalue weighted by Crippen LogP contribution is 2.23. The van der Waals surface area contributed by atoms with Crippen LogP contribution in [-0.4, -0.2) is 36.1 Å². The van der Waals surface area contributed by atoms with Gasteiger partial charge in [0.15, 0.2) is 0 Å². The summed E-state index contributed by atoms with van der Waals surface area (Å²) in [6.45, 7) is 17.6. The summed E-state index contributed by atoms with van der Waals surface area (Å²) in [4.78, 5) is 2.71. The Kier molecular flexibility index (Phi) is 6.13. The zero-order valence-electron chi connectivity index (χ0n) is 13.4. The van der Waals surface area contributed by atoms with Gasteiger partial charge in [0.2, 0.25) is 0 Å². The van der Waals surface area contributed by atoms with Gasteiger partial charge in [-0.2, -0.15) is 0 Å². The molecule has 3 atom stereocenters. The molecule has 1 saturated heterocycles. The summed E-state index contributed by atoms with van der Waals surface area (Å²) >= 11 is 0. The van der Waals surface area contributed by atoms with E-state index in [1.807, 2.05) is 0 Å². The molecule has 0 radical (unpaired) electrons. The lowest BCUT2D eigenvalue weighted by atomic mass is 9.92. The van der Waals surface area contributed by atoms with Crippen LogP contribution >= 0.6 is 0 Å². The Morgan fingerprint density at radius 2 is 1.94 bits per heavy atom. The summed E-state index contributed by atoms with van der Waals surface area (Å²) in [7, 11) is 0. The number of piperidine rings is 1. The normalized spacial score (nSPS) is 26.0. The molecule has 1 rings (SSSR count). The number of likely N-dealkylation sites (tertiary alicyclic amines) is 1. The van der Waals surface area contributed by atoms with Crippen LogP contribution in [0.3, 0.4) is 0 Å². The maximum atomic E-state index is 3.64. The molecule has 108 valence electrons. The van der Waals surface area contributed by atoms with Crippen molar-refractivity contribution in [3.8, 4) is 0 Å². The van der Waals surface area contributed by atoms with E-state index in [0.29, 0.717) is 6.04 Å². The largest absolute Gasteiger partial charge is 0.312 e. The quantitative estimate of drug-likeness (QED) is 0.807. The highest BCUT2D eigenvalue weighted by Gasteiger charge is 2.26. The van der Waals surface area contributed by atoms with Gasteiger partial charge in [0.25, 0.3) is 0 Å². The molecule has 0 bridgehead atoms. The van der Waals surface area contributed by atoms with Gasteiger partial charge in [-0.3, -0.25) is 0 Å². The lowest BCUT2D eigenvalue weighted by Gasteiger charge is -2.39. The second-order valence-electron chi connectivity index (χ2n) is 7.26. The van der Waals surface area contributed by atoms with Crippen molar-refractivity contribution in [3.05, 3.63) is 0 Å². The van der Waals surface area contributed by atoms with E-state index in [2.05, 4.69) is 51.8 Å². The molecule has 1 N–H and O–H groups in total. The first-order chi connectivity index (χ1) is 8.33. The van der Waals surface area contributed by atoms with Crippen molar-refractivity contribution in [2.45, 2.75) is 72.4 Å². The summed E-state index contributed by atoms with van der Waals surface area (Å²) in [5.41, 5.74) is 0.238. The van der Waals surface area contributed by atoms with Crippen molar-refractivity contribution in [3.63, 3.8) is 0 Å². The Hall–Kier alpha value is -0.0800. The van der Waals surface area contributed by atoms with E-state index in [1.165, 1.54) is 32.4 Å². The summed E-state index contributed by atoms with van der Waals surface area (Å²) in [6, 6.07) is 0.703. The van der Waals surface area contributed by atoms with E-state index >= 15 is 0 Å². The van der Waals surface area contributed by atoms with Crippen molar-refractivity contribution < 1.29 is 0 Å². The lowest BCUT2D eigenvalue weighted by molar-refractivity contribution is 0.0970. The van der Waals surface area contributed by atoms with Crippen LogP contribution < -0.4 is 5.32 Å². The van der Waals surface area contributed by atoms with E-state index in [-0.39, 0.29) is 5.54 Å². The molecule has 1 fully saturated rings. The monoisotopic (exact) mass is 254 g/mol. The van der Waals surface area contributed by atoms with Gasteiger partial charge in [-0.15, -0.1) is 0 Å². The Morgan fingerprint density at radius 1 is 1.28 bits per heavy atom. The molecule has 1 aliphatic rings. The van der Waals surface area contributed by atoms with Crippen LogP contribution in [0.4, 0.5) is 0 Å². The van der Waals surface area contributed by atoms with Gasteiger partial charge in [0.1, 0.15) is 0 Å². The third kappa shape index (κ3) is 5.27. The van der Waals surface area contributed by atoms with Crippen LogP contribution in [0.2, 0.25) is 0 Å². The van der Waals surface area contributed by atoms with E-state index in [4.69, 9.17) is 0 Å². The maximum absolute atomic E-state index is 3.64. The second-order valence-corrected chi connectivity index (χ2v) is 7.26. The summed E-state index contributed by atoms with van der Waals surface area (Å²) in [5, 5.41) is 3.64. The lowest BCUT2D eigenvalue weighted by Crippen LogP contribution is -2.48. The molecule has 18 heavy (non-hydrogen) atoms. The minimum atomic E-state index is 0.238. The fourth-order valence-corrected chi connectivity index (χ4v) is 2.80. The van der Waals surface area contributed by atoms with Crippen molar-refractivity contribution in [2.24, 2.45) is 11.8 Å². The molecule has 0 spiro atoms. The molecule has 2 nitrogen and oxygen atoms in total. The van der Waals surface area contributed by atoms with Crippen LogP contribution in [0.1, 0.15) is 60.8 Å². The predicted molar refractivity (Wildman–Crippen MR) is 81.0 cm³/mol. The smallest absolute Gasteiger partial charge is 0.0105 e.